The predicted molar refractivity (Wildman–Crippen MR) is 160 cm³/mol. The van der Waals surface area contributed by atoms with Crippen LogP contribution >= 0.6 is 0 Å². The van der Waals surface area contributed by atoms with Gasteiger partial charge in [0, 0.05) is 12.3 Å². The van der Waals surface area contributed by atoms with E-state index in [-0.39, 0.29) is 49.0 Å². The minimum atomic E-state index is -4.87. The fourth-order valence-electron chi connectivity index (χ4n) is 10.5. The van der Waals surface area contributed by atoms with Crippen LogP contribution in [0.25, 0.3) is 0 Å². The minimum absolute atomic E-state index is 0.00792. The lowest BCUT2D eigenvalue weighted by atomic mass is 9.42. The molecule has 12 nitrogen and oxygen atoms in total. The number of hydrogen-bond acceptors (Lipinski definition) is 12. The summed E-state index contributed by atoms with van der Waals surface area (Å²) in [4.78, 5) is 0. The van der Waals surface area contributed by atoms with Crippen molar-refractivity contribution in [2.24, 2.45) is 46.3 Å². The van der Waals surface area contributed by atoms with E-state index in [1.165, 1.54) is 0 Å². The summed E-state index contributed by atoms with van der Waals surface area (Å²) in [5, 5.41) is 65.8. The maximum Gasteiger partial charge on any atom is 0.217 e. The second-order valence-electron chi connectivity index (χ2n) is 15.6. The quantitative estimate of drug-likeness (QED) is 0.123. The summed E-state index contributed by atoms with van der Waals surface area (Å²) < 4.78 is 50.1. The summed E-state index contributed by atoms with van der Waals surface area (Å²) >= 11 is 0. The number of allylic oxidation sites excluding steroid dienone is 1. The predicted octanol–water partition coefficient (Wildman–Crippen LogP) is 1.22. The van der Waals surface area contributed by atoms with E-state index in [1.54, 1.807) is 0 Å². The van der Waals surface area contributed by atoms with E-state index in [4.69, 9.17) is 13.7 Å². The Kier molecular flexibility index (Phi) is 9.99. The Morgan fingerprint density at radius 2 is 1.58 bits per heavy atom. The number of aliphatic hydroxyl groups is 6. The van der Waals surface area contributed by atoms with Crippen molar-refractivity contribution in [1.82, 2.24) is 0 Å². The lowest BCUT2D eigenvalue weighted by molar-refractivity contribution is -0.280. The highest BCUT2D eigenvalue weighted by Gasteiger charge is 2.70. The molecule has 4 saturated carbocycles. The molecule has 16 atom stereocenters. The first-order chi connectivity index (χ1) is 20.8. The molecule has 0 radical (unpaired) electrons. The van der Waals surface area contributed by atoms with Crippen LogP contribution in [0.1, 0.15) is 79.6 Å². The fourth-order valence-corrected chi connectivity index (χ4v) is 11.0. The van der Waals surface area contributed by atoms with Crippen LogP contribution in [0.3, 0.4) is 0 Å². The molecule has 0 unspecified atom stereocenters. The summed E-state index contributed by atoms with van der Waals surface area (Å²) in [6, 6.07) is 0. The van der Waals surface area contributed by atoms with Gasteiger partial charge < -0.3 is 44.7 Å². The van der Waals surface area contributed by atoms with E-state index in [0.29, 0.717) is 25.7 Å². The molecule has 260 valence electrons. The summed E-state index contributed by atoms with van der Waals surface area (Å²) in [5.74, 6) is -1.00. The van der Waals surface area contributed by atoms with Gasteiger partial charge in [0.15, 0.2) is 6.29 Å². The van der Waals surface area contributed by atoms with Crippen LogP contribution in [-0.2, 0) is 24.1 Å². The Morgan fingerprint density at radius 1 is 0.911 bits per heavy atom. The topological polar surface area (TPSA) is 206 Å². The van der Waals surface area contributed by atoms with Gasteiger partial charge >= 0.3 is 0 Å². The molecule has 0 spiro atoms. The molecule has 5 fully saturated rings. The van der Waals surface area contributed by atoms with Crippen molar-refractivity contribution in [2.75, 3.05) is 6.61 Å². The highest BCUT2D eigenvalue weighted by Crippen LogP contribution is 2.69. The van der Waals surface area contributed by atoms with Crippen LogP contribution in [-0.4, -0.2) is 105 Å². The minimum Gasteiger partial charge on any atom is -0.726 e. The summed E-state index contributed by atoms with van der Waals surface area (Å²) in [6.07, 6.45) is -0.978. The molecule has 0 aromatic carbocycles. The van der Waals surface area contributed by atoms with Crippen LogP contribution < -0.4 is 0 Å². The Morgan fingerprint density at radius 3 is 2.22 bits per heavy atom. The fraction of sp³-hybridized carbons (Fsp3) is 0.938. The van der Waals surface area contributed by atoms with Crippen molar-refractivity contribution in [1.29, 1.82) is 0 Å². The molecule has 45 heavy (non-hydrogen) atoms. The summed E-state index contributed by atoms with van der Waals surface area (Å²) in [6.45, 7) is 10.0. The Labute approximate surface area is 266 Å². The van der Waals surface area contributed by atoms with Crippen LogP contribution in [0.4, 0.5) is 0 Å². The molecule has 1 saturated heterocycles. The first-order valence-electron chi connectivity index (χ1n) is 16.5. The van der Waals surface area contributed by atoms with Gasteiger partial charge in [0.1, 0.15) is 18.3 Å². The largest absolute Gasteiger partial charge is 0.726 e. The van der Waals surface area contributed by atoms with E-state index in [1.807, 2.05) is 32.9 Å². The van der Waals surface area contributed by atoms with Gasteiger partial charge in [0.05, 0.1) is 36.6 Å². The summed E-state index contributed by atoms with van der Waals surface area (Å²) in [5.41, 5.74) is -2.26. The van der Waals surface area contributed by atoms with E-state index in [2.05, 4.69) is 13.8 Å². The van der Waals surface area contributed by atoms with Crippen molar-refractivity contribution in [3.8, 4) is 0 Å². The zero-order valence-electron chi connectivity index (χ0n) is 26.9. The third-order valence-corrected chi connectivity index (χ3v) is 13.1. The van der Waals surface area contributed by atoms with Gasteiger partial charge in [-0.25, -0.2) is 8.42 Å². The number of hydrogen-bond donors (Lipinski definition) is 6. The van der Waals surface area contributed by atoms with Crippen LogP contribution in [0, 0.1) is 46.3 Å². The normalized spacial score (nSPS) is 50.2. The average Bonchev–Trinajstić information content (AvgIpc) is 3.21. The van der Waals surface area contributed by atoms with Crippen molar-refractivity contribution >= 4 is 10.4 Å². The van der Waals surface area contributed by atoms with Crippen LogP contribution in [0.15, 0.2) is 12.2 Å². The molecular weight excluding hydrogens is 608 g/mol. The van der Waals surface area contributed by atoms with Gasteiger partial charge in [-0.3, -0.25) is 4.18 Å². The maximum atomic E-state index is 12.6. The van der Waals surface area contributed by atoms with Gasteiger partial charge in [-0.05, 0) is 78.9 Å². The smallest absolute Gasteiger partial charge is 0.217 e. The summed E-state index contributed by atoms with van der Waals surface area (Å²) in [7, 11) is -4.87. The third kappa shape index (κ3) is 6.41. The molecule has 0 amide bonds. The molecule has 5 rings (SSSR count). The molecule has 13 heteroatoms. The van der Waals surface area contributed by atoms with E-state index >= 15 is 0 Å². The van der Waals surface area contributed by atoms with Crippen LogP contribution in [0.2, 0.25) is 0 Å². The molecule has 0 aromatic rings. The Hall–Kier alpha value is -0.710. The standard InChI is InChI=1S/C32H54O12S/c1-16(2)24(43-29-27(37)26(36)23(35)15-42-29)7-6-17(3)19-13-21(33)28-31(19,5)11-9-25-30(4)10-8-18(44-45(39,40)41)12-20(30)22(34)14-32(25,28)38/h6-7,16-29,33-38H,8-15H2,1-5H3,(H,39,40,41)/p-1/b7-6+/t17-,18+,19-,20-,21-,22+,23-,24+,25-,26+,27-,28-,29+,30+,31-,32+/m1/s1. The monoisotopic (exact) mass is 661 g/mol. The van der Waals surface area contributed by atoms with Gasteiger partial charge in [0.2, 0.25) is 10.4 Å². The van der Waals surface area contributed by atoms with E-state index < -0.39 is 81.8 Å². The molecule has 0 aromatic heterocycles. The Balaban J connectivity index is 1.33. The second kappa shape index (κ2) is 12.6. The second-order valence-corrected chi connectivity index (χ2v) is 16.6. The van der Waals surface area contributed by atoms with Crippen LogP contribution in [0.5, 0.6) is 0 Å². The van der Waals surface area contributed by atoms with Gasteiger partial charge in [-0.1, -0.05) is 46.8 Å². The van der Waals surface area contributed by atoms with Gasteiger partial charge in [-0.15, -0.1) is 0 Å². The van der Waals surface area contributed by atoms with Gasteiger partial charge in [0.25, 0.3) is 0 Å². The lowest BCUT2D eigenvalue weighted by Gasteiger charge is -2.66. The molecule has 1 aliphatic heterocycles. The molecule has 4 aliphatic carbocycles. The molecule has 5 aliphatic rings. The highest BCUT2D eigenvalue weighted by molar-refractivity contribution is 7.80. The number of fused-ring (bicyclic) bond motifs is 5. The maximum absolute atomic E-state index is 12.6. The van der Waals surface area contributed by atoms with E-state index in [0.717, 1.165) is 6.42 Å². The highest BCUT2D eigenvalue weighted by atomic mass is 32.3. The Bertz CT molecular complexity index is 1200. The molecule has 0 bridgehead atoms. The number of ether oxygens (including phenoxy) is 2. The van der Waals surface area contributed by atoms with Crippen molar-refractivity contribution in [2.45, 2.75) is 134 Å². The first kappa shape index (κ1) is 35.6. The zero-order chi connectivity index (χ0) is 33.3. The average molecular weight is 662 g/mol. The zero-order valence-corrected chi connectivity index (χ0v) is 27.8. The number of aliphatic hydroxyl groups excluding tert-OH is 5. The van der Waals surface area contributed by atoms with Crippen molar-refractivity contribution in [3.05, 3.63) is 12.2 Å². The number of rotatable bonds is 8. The van der Waals surface area contributed by atoms with E-state index in [9.17, 15) is 43.6 Å². The SMILES string of the molecule is CC(C)[C@H](/C=C/[C@@H](C)[C@H]1C[C@@H](O)[C@@H]2[C@]1(C)CC[C@@H]1[C@@]3(C)CC[C@H](OS(=O)(=O)[O-])C[C@@H]3[C@@H](O)C[C@]12O)O[C@@H]1OC[C@@H](O)[C@H](O)[C@H]1O. The first-order valence-corrected chi connectivity index (χ1v) is 17.9. The third-order valence-electron chi connectivity index (χ3n) is 12.6. The van der Waals surface area contributed by atoms with Gasteiger partial charge in [-0.2, -0.15) is 0 Å². The lowest BCUT2D eigenvalue weighted by Crippen LogP contribution is -2.68. The van der Waals surface area contributed by atoms with Crippen molar-refractivity contribution < 1.29 is 57.3 Å². The molecule has 6 N–H and O–H groups in total. The molecular formula is C32H53O12S-. The molecule has 1 heterocycles. The van der Waals surface area contributed by atoms with Crippen molar-refractivity contribution in [3.63, 3.8) is 0 Å².